The van der Waals surface area contributed by atoms with Crippen molar-refractivity contribution in [3.63, 3.8) is 0 Å². The van der Waals surface area contributed by atoms with E-state index in [4.69, 9.17) is 4.74 Å². The molecule has 32 heavy (non-hydrogen) atoms. The summed E-state index contributed by atoms with van der Waals surface area (Å²) >= 11 is 0.948. The molecule has 1 amide bonds. The summed E-state index contributed by atoms with van der Waals surface area (Å²) in [5.74, 6) is -1.45. The molecule has 2 aromatic heterocycles. The molecule has 1 saturated heterocycles. The summed E-state index contributed by atoms with van der Waals surface area (Å²) < 4.78 is 36.7. The van der Waals surface area contributed by atoms with Gasteiger partial charge in [-0.3, -0.25) is 4.79 Å². The minimum atomic E-state index is -3.78. The van der Waals surface area contributed by atoms with Gasteiger partial charge >= 0.3 is 11.9 Å². The molecule has 12 heteroatoms. The molecule has 0 spiro atoms. The Balaban J connectivity index is 1.67. The van der Waals surface area contributed by atoms with Gasteiger partial charge in [-0.1, -0.05) is 0 Å². The number of hydrogen-bond acceptors (Lipinski definition) is 9. The van der Waals surface area contributed by atoms with E-state index in [0.717, 1.165) is 11.3 Å². The van der Waals surface area contributed by atoms with Crippen molar-refractivity contribution in [2.24, 2.45) is 0 Å². The van der Waals surface area contributed by atoms with Crippen LogP contribution in [0.3, 0.4) is 0 Å². The van der Waals surface area contributed by atoms with Crippen molar-refractivity contribution in [1.82, 2.24) is 14.2 Å². The number of rotatable bonds is 6. The number of hydrogen-bond donors (Lipinski definition) is 0. The van der Waals surface area contributed by atoms with Crippen molar-refractivity contribution < 1.29 is 32.3 Å². The van der Waals surface area contributed by atoms with Gasteiger partial charge in [0.25, 0.3) is 15.9 Å². The van der Waals surface area contributed by atoms with Crippen molar-refractivity contribution in [3.05, 3.63) is 46.1 Å². The zero-order chi connectivity index (χ0) is 23.5. The summed E-state index contributed by atoms with van der Waals surface area (Å²) in [7, 11) is -2.56. The molecular weight excluding hydrogens is 458 g/mol. The van der Waals surface area contributed by atoms with Crippen molar-refractivity contribution in [2.75, 3.05) is 39.9 Å². The normalized spacial score (nSPS) is 14.8. The number of pyridine rings is 1. The van der Waals surface area contributed by atoms with Gasteiger partial charge in [-0.05, 0) is 32.0 Å². The third-order valence-electron chi connectivity index (χ3n) is 4.92. The van der Waals surface area contributed by atoms with Gasteiger partial charge in [-0.15, -0.1) is 11.3 Å². The van der Waals surface area contributed by atoms with E-state index < -0.39 is 22.0 Å². The standard InChI is InChI=1S/C20H23N3O7S2/c1-4-30-20(26)15-5-6-16(21-13(15)2)18(24)22-7-9-23(10-8-22)32(27,28)17-11-14(12-31-17)19(25)29-3/h5-6,11-12H,4,7-10H2,1-3H3. The number of sulfonamides is 1. The number of methoxy groups -OCH3 is 1. The highest BCUT2D eigenvalue weighted by Crippen LogP contribution is 2.25. The number of carbonyl (C=O) groups excluding carboxylic acids is 3. The molecule has 0 saturated carbocycles. The van der Waals surface area contributed by atoms with Crippen LogP contribution in [0, 0.1) is 6.92 Å². The van der Waals surface area contributed by atoms with Crippen LogP contribution in [0.25, 0.3) is 0 Å². The van der Waals surface area contributed by atoms with Crippen LogP contribution >= 0.6 is 11.3 Å². The summed E-state index contributed by atoms with van der Waals surface area (Å²) in [4.78, 5) is 42.1. The number of thiophene rings is 1. The topological polar surface area (TPSA) is 123 Å². The Bertz CT molecular complexity index is 1140. The van der Waals surface area contributed by atoms with Gasteiger partial charge in [-0.2, -0.15) is 4.31 Å². The summed E-state index contributed by atoms with van der Waals surface area (Å²) in [5.41, 5.74) is 1.03. The minimum absolute atomic E-state index is 0.0459. The van der Waals surface area contributed by atoms with Gasteiger partial charge in [0, 0.05) is 31.6 Å². The second kappa shape index (κ2) is 9.76. The summed E-state index contributed by atoms with van der Waals surface area (Å²) in [6.07, 6.45) is 0. The second-order valence-electron chi connectivity index (χ2n) is 6.89. The van der Waals surface area contributed by atoms with Crippen molar-refractivity contribution in [3.8, 4) is 0 Å². The number of carbonyl (C=O) groups is 3. The lowest BCUT2D eigenvalue weighted by atomic mass is 10.1. The second-order valence-corrected chi connectivity index (χ2v) is 9.97. The summed E-state index contributed by atoms with van der Waals surface area (Å²) in [5, 5.41) is 1.44. The fourth-order valence-corrected chi connectivity index (χ4v) is 5.93. The molecule has 0 N–H and O–H groups in total. The smallest absolute Gasteiger partial charge is 0.339 e. The zero-order valence-electron chi connectivity index (χ0n) is 17.9. The Morgan fingerprint density at radius 2 is 1.81 bits per heavy atom. The maximum Gasteiger partial charge on any atom is 0.339 e. The van der Waals surface area contributed by atoms with E-state index in [2.05, 4.69) is 9.72 Å². The molecule has 0 atom stereocenters. The van der Waals surface area contributed by atoms with Crippen LogP contribution < -0.4 is 0 Å². The van der Waals surface area contributed by atoms with Gasteiger partial charge in [0.05, 0.1) is 30.5 Å². The molecule has 172 valence electrons. The Labute approximate surface area is 189 Å². The number of amides is 1. The first-order chi connectivity index (χ1) is 15.2. The highest BCUT2D eigenvalue weighted by atomic mass is 32.2. The van der Waals surface area contributed by atoms with Crippen molar-refractivity contribution in [1.29, 1.82) is 0 Å². The third-order valence-corrected chi connectivity index (χ3v) is 8.23. The predicted octanol–water partition coefficient (Wildman–Crippen LogP) is 1.56. The van der Waals surface area contributed by atoms with Crippen LogP contribution in [0.2, 0.25) is 0 Å². The summed E-state index contributed by atoms with van der Waals surface area (Å²) in [6.45, 7) is 4.16. The number of nitrogens with zero attached hydrogens (tertiary/aromatic N) is 3. The Morgan fingerprint density at radius 3 is 2.41 bits per heavy atom. The fourth-order valence-electron chi connectivity index (χ4n) is 3.20. The molecule has 0 radical (unpaired) electrons. The molecule has 1 fully saturated rings. The molecule has 2 aromatic rings. The maximum atomic E-state index is 12.9. The predicted molar refractivity (Wildman–Crippen MR) is 115 cm³/mol. The van der Waals surface area contributed by atoms with Gasteiger partial charge < -0.3 is 14.4 Å². The average molecular weight is 482 g/mol. The van der Waals surface area contributed by atoms with Crippen LogP contribution in [0.5, 0.6) is 0 Å². The number of aromatic nitrogens is 1. The molecule has 10 nitrogen and oxygen atoms in total. The number of esters is 2. The van der Waals surface area contributed by atoms with Crippen molar-refractivity contribution in [2.45, 2.75) is 18.1 Å². The lowest BCUT2D eigenvalue weighted by molar-refractivity contribution is 0.0522. The highest BCUT2D eigenvalue weighted by Gasteiger charge is 2.32. The Kier molecular flexibility index (Phi) is 7.26. The monoisotopic (exact) mass is 481 g/mol. The van der Waals surface area contributed by atoms with Crippen LogP contribution in [-0.2, 0) is 19.5 Å². The van der Waals surface area contributed by atoms with Crippen molar-refractivity contribution >= 4 is 39.2 Å². The zero-order valence-corrected chi connectivity index (χ0v) is 19.5. The number of aryl methyl sites for hydroxylation is 1. The Morgan fingerprint density at radius 1 is 1.12 bits per heavy atom. The van der Waals surface area contributed by atoms with Gasteiger partial charge in [0.2, 0.25) is 0 Å². The van der Waals surface area contributed by atoms with Crippen LogP contribution in [0.4, 0.5) is 0 Å². The third kappa shape index (κ3) is 4.81. The highest BCUT2D eigenvalue weighted by molar-refractivity contribution is 7.91. The van der Waals surface area contributed by atoms with E-state index in [9.17, 15) is 22.8 Å². The van der Waals surface area contributed by atoms with E-state index in [1.807, 2.05) is 0 Å². The molecule has 0 bridgehead atoms. The molecule has 1 aliphatic heterocycles. The van der Waals surface area contributed by atoms with E-state index in [1.54, 1.807) is 13.8 Å². The van der Waals surface area contributed by atoms with Crippen LogP contribution in [0.15, 0.2) is 27.8 Å². The van der Waals surface area contributed by atoms with Crippen LogP contribution in [0.1, 0.15) is 43.8 Å². The summed E-state index contributed by atoms with van der Waals surface area (Å²) in [6, 6.07) is 4.26. The maximum absolute atomic E-state index is 12.9. The van der Waals surface area contributed by atoms with Crippen LogP contribution in [-0.4, -0.2) is 80.3 Å². The molecular formula is C20H23N3O7S2. The lowest BCUT2D eigenvalue weighted by Gasteiger charge is -2.33. The molecule has 0 aliphatic carbocycles. The molecule has 1 aliphatic rings. The van der Waals surface area contributed by atoms with E-state index >= 15 is 0 Å². The lowest BCUT2D eigenvalue weighted by Crippen LogP contribution is -2.50. The average Bonchev–Trinajstić information content (AvgIpc) is 3.29. The SMILES string of the molecule is CCOC(=O)c1ccc(C(=O)N2CCN(S(=O)(=O)c3cc(C(=O)OC)cs3)CC2)nc1C. The van der Waals surface area contributed by atoms with Gasteiger partial charge in [-0.25, -0.2) is 23.0 Å². The van der Waals surface area contributed by atoms with E-state index in [1.165, 1.54) is 39.9 Å². The molecule has 3 rings (SSSR count). The fraction of sp³-hybridized carbons (Fsp3) is 0.400. The molecule has 3 heterocycles. The minimum Gasteiger partial charge on any atom is -0.465 e. The molecule has 0 unspecified atom stereocenters. The first kappa shape index (κ1) is 23.8. The quantitative estimate of drug-likeness (QED) is 0.570. The molecule has 0 aromatic carbocycles. The largest absolute Gasteiger partial charge is 0.465 e. The van der Waals surface area contributed by atoms with Gasteiger partial charge in [0.1, 0.15) is 9.90 Å². The Hall–Kier alpha value is -2.83. The first-order valence-corrected chi connectivity index (χ1v) is 12.1. The van der Waals surface area contributed by atoms with E-state index in [-0.39, 0.29) is 54.2 Å². The number of piperazine rings is 1. The first-order valence-electron chi connectivity index (χ1n) is 9.80. The number of ether oxygens (including phenoxy) is 2. The van der Waals surface area contributed by atoms with E-state index in [0.29, 0.717) is 11.3 Å². The van der Waals surface area contributed by atoms with Gasteiger partial charge in [0.15, 0.2) is 0 Å².